The molecule has 3 rings (SSSR count). The van der Waals surface area contributed by atoms with Crippen molar-refractivity contribution < 1.29 is 17.6 Å². The molecule has 0 saturated heterocycles. The van der Waals surface area contributed by atoms with Crippen molar-refractivity contribution in [3.8, 4) is 22.8 Å². The highest BCUT2D eigenvalue weighted by molar-refractivity contribution is 6.30. The molecule has 2 aromatic heterocycles. The molecule has 0 fully saturated rings. The molecule has 1 N–H and O–H groups in total. The Kier molecular flexibility index (Phi) is 3.70. The molecule has 2 heterocycles. The molecular weight excluding hydrogens is 317 g/mol. The number of furan rings is 1. The summed E-state index contributed by atoms with van der Waals surface area (Å²) in [7, 11) is 0. The van der Waals surface area contributed by atoms with Crippen molar-refractivity contribution in [2.45, 2.75) is 12.6 Å². The molecule has 114 valence electrons. The van der Waals surface area contributed by atoms with E-state index in [2.05, 4.69) is 9.97 Å². The molecule has 0 amide bonds. The van der Waals surface area contributed by atoms with Gasteiger partial charge in [0.1, 0.15) is 11.5 Å². The second-order valence-corrected chi connectivity index (χ2v) is 5.13. The van der Waals surface area contributed by atoms with E-state index in [1.807, 2.05) is 0 Å². The molecule has 3 aromatic rings. The number of imidazole rings is 1. The van der Waals surface area contributed by atoms with Crippen LogP contribution in [0, 0.1) is 0 Å². The normalized spacial score (nSPS) is 11.8. The van der Waals surface area contributed by atoms with Gasteiger partial charge in [-0.3, -0.25) is 0 Å². The van der Waals surface area contributed by atoms with Crippen LogP contribution < -0.4 is 0 Å². The van der Waals surface area contributed by atoms with Gasteiger partial charge < -0.3 is 9.40 Å². The highest BCUT2D eigenvalue weighted by Crippen LogP contribution is 2.31. The number of aromatic amines is 1. The summed E-state index contributed by atoms with van der Waals surface area (Å²) >= 11 is 5.81. The first-order valence-corrected chi connectivity index (χ1v) is 6.75. The minimum Gasteiger partial charge on any atom is -0.463 e. The van der Waals surface area contributed by atoms with Gasteiger partial charge in [-0.2, -0.15) is 13.2 Å². The predicted molar refractivity (Wildman–Crippen MR) is 76.5 cm³/mol. The van der Waals surface area contributed by atoms with Crippen molar-refractivity contribution in [1.29, 1.82) is 0 Å². The Morgan fingerprint density at radius 3 is 2.45 bits per heavy atom. The number of H-pyrrole nitrogens is 1. The Morgan fingerprint density at radius 2 is 1.86 bits per heavy atom. The first-order valence-electron chi connectivity index (χ1n) is 6.38. The van der Waals surface area contributed by atoms with E-state index >= 15 is 0 Å². The fraction of sp³-hybridized carbons (Fsp3) is 0.133. The maximum Gasteiger partial charge on any atom is 0.394 e. The van der Waals surface area contributed by atoms with Crippen molar-refractivity contribution in [2.75, 3.05) is 0 Å². The van der Waals surface area contributed by atoms with Crippen LogP contribution in [0.4, 0.5) is 13.2 Å². The number of aromatic nitrogens is 2. The Bertz CT molecular complexity index is 761. The predicted octanol–water partition coefficient (Wildman–Crippen LogP) is 5.09. The fourth-order valence-corrected chi connectivity index (χ4v) is 2.23. The summed E-state index contributed by atoms with van der Waals surface area (Å²) in [6.45, 7) is 0. The van der Waals surface area contributed by atoms with Crippen LogP contribution in [0.25, 0.3) is 22.8 Å². The Morgan fingerprint density at radius 1 is 1.14 bits per heavy atom. The zero-order valence-electron chi connectivity index (χ0n) is 11.1. The number of alkyl halides is 3. The van der Waals surface area contributed by atoms with E-state index in [9.17, 15) is 13.2 Å². The SMILES string of the molecule is FC(F)(F)Cc1[nH]c(-c2ccc(Cl)cc2)nc1-c1ccco1. The van der Waals surface area contributed by atoms with Crippen molar-refractivity contribution >= 4 is 11.6 Å². The molecule has 22 heavy (non-hydrogen) atoms. The number of benzene rings is 1. The molecule has 0 aliphatic heterocycles. The first kappa shape index (κ1) is 14.7. The Labute approximate surface area is 128 Å². The summed E-state index contributed by atoms with van der Waals surface area (Å²) in [5, 5.41) is 0.539. The number of hydrogen-bond donors (Lipinski definition) is 1. The van der Waals surface area contributed by atoms with E-state index < -0.39 is 12.6 Å². The lowest BCUT2D eigenvalue weighted by Crippen LogP contribution is -2.12. The van der Waals surface area contributed by atoms with Gasteiger partial charge in [-0.15, -0.1) is 0 Å². The van der Waals surface area contributed by atoms with Crippen LogP contribution in [0.15, 0.2) is 47.1 Å². The minimum atomic E-state index is -4.34. The van der Waals surface area contributed by atoms with Crippen LogP contribution >= 0.6 is 11.6 Å². The van der Waals surface area contributed by atoms with Gasteiger partial charge in [0.15, 0.2) is 5.76 Å². The molecule has 0 saturated carbocycles. The lowest BCUT2D eigenvalue weighted by Gasteiger charge is -2.05. The minimum absolute atomic E-state index is 0.0348. The lowest BCUT2D eigenvalue weighted by atomic mass is 10.2. The fourth-order valence-electron chi connectivity index (χ4n) is 2.10. The summed E-state index contributed by atoms with van der Waals surface area (Å²) in [6.07, 6.45) is -4.06. The Hall–Kier alpha value is -2.21. The van der Waals surface area contributed by atoms with Gasteiger partial charge in [0, 0.05) is 10.6 Å². The van der Waals surface area contributed by atoms with Crippen LogP contribution in [0.5, 0.6) is 0 Å². The maximum absolute atomic E-state index is 12.7. The number of hydrogen-bond acceptors (Lipinski definition) is 2. The molecule has 0 aliphatic carbocycles. The average molecular weight is 327 g/mol. The molecule has 0 atom stereocenters. The summed E-state index contributed by atoms with van der Waals surface area (Å²) in [5.74, 6) is 0.623. The molecular formula is C15H10ClF3N2O. The second-order valence-electron chi connectivity index (χ2n) is 4.69. The summed E-state index contributed by atoms with van der Waals surface area (Å²) in [6, 6.07) is 9.84. The van der Waals surface area contributed by atoms with Gasteiger partial charge in [-0.05, 0) is 36.4 Å². The third kappa shape index (κ3) is 3.17. The van der Waals surface area contributed by atoms with Crippen molar-refractivity contribution in [3.63, 3.8) is 0 Å². The van der Waals surface area contributed by atoms with Crippen LogP contribution in [0.1, 0.15) is 5.69 Å². The summed E-state index contributed by atoms with van der Waals surface area (Å²) < 4.78 is 43.4. The maximum atomic E-state index is 12.7. The smallest absolute Gasteiger partial charge is 0.394 e. The summed E-state index contributed by atoms with van der Waals surface area (Å²) in [4.78, 5) is 6.97. The Balaban J connectivity index is 2.06. The molecule has 1 aromatic carbocycles. The van der Waals surface area contributed by atoms with Gasteiger partial charge >= 0.3 is 6.18 Å². The number of rotatable bonds is 3. The second kappa shape index (κ2) is 5.53. The third-order valence-corrected chi connectivity index (χ3v) is 3.28. The number of halogens is 4. The molecule has 0 aliphatic rings. The van der Waals surface area contributed by atoms with Crippen molar-refractivity contribution in [3.05, 3.63) is 53.4 Å². The zero-order valence-corrected chi connectivity index (χ0v) is 11.9. The summed E-state index contributed by atoms with van der Waals surface area (Å²) in [5.41, 5.74) is 0.769. The molecule has 0 radical (unpaired) electrons. The van der Waals surface area contributed by atoms with Crippen LogP contribution in [-0.2, 0) is 6.42 Å². The van der Waals surface area contributed by atoms with Crippen LogP contribution in [0.3, 0.4) is 0 Å². The van der Waals surface area contributed by atoms with Crippen LogP contribution in [-0.4, -0.2) is 16.1 Å². The molecule has 0 unspecified atom stereocenters. The first-order chi connectivity index (χ1) is 10.4. The average Bonchev–Trinajstić information content (AvgIpc) is 3.06. The van der Waals surface area contributed by atoms with Gasteiger partial charge in [0.05, 0.1) is 18.4 Å². The quantitative estimate of drug-likeness (QED) is 0.728. The number of nitrogens with one attached hydrogen (secondary N) is 1. The largest absolute Gasteiger partial charge is 0.463 e. The monoisotopic (exact) mass is 326 g/mol. The van der Waals surface area contributed by atoms with E-state index in [-0.39, 0.29) is 17.1 Å². The van der Waals surface area contributed by atoms with Gasteiger partial charge in [0.25, 0.3) is 0 Å². The molecule has 0 bridgehead atoms. The van der Waals surface area contributed by atoms with E-state index in [1.54, 1.807) is 36.4 Å². The topological polar surface area (TPSA) is 41.8 Å². The van der Waals surface area contributed by atoms with Crippen molar-refractivity contribution in [1.82, 2.24) is 9.97 Å². The third-order valence-electron chi connectivity index (χ3n) is 3.03. The van der Waals surface area contributed by atoms with Crippen molar-refractivity contribution in [2.24, 2.45) is 0 Å². The highest BCUT2D eigenvalue weighted by Gasteiger charge is 2.31. The highest BCUT2D eigenvalue weighted by atomic mass is 35.5. The van der Waals surface area contributed by atoms with E-state index in [4.69, 9.17) is 16.0 Å². The molecule has 3 nitrogen and oxygen atoms in total. The van der Waals surface area contributed by atoms with Gasteiger partial charge in [0.2, 0.25) is 0 Å². The molecule has 0 spiro atoms. The standard InChI is InChI=1S/C15H10ClF3N2O/c16-10-5-3-9(4-6-10)14-20-11(8-15(17,18)19)13(21-14)12-2-1-7-22-12/h1-7H,8H2,(H,20,21). The van der Waals surface area contributed by atoms with E-state index in [0.29, 0.717) is 16.4 Å². The van der Waals surface area contributed by atoms with Crippen LogP contribution in [0.2, 0.25) is 5.02 Å². The molecule has 7 heteroatoms. The van der Waals surface area contributed by atoms with Gasteiger partial charge in [-0.1, -0.05) is 11.6 Å². The van der Waals surface area contributed by atoms with E-state index in [1.165, 1.54) is 6.26 Å². The van der Waals surface area contributed by atoms with E-state index in [0.717, 1.165) is 0 Å². The zero-order chi connectivity index (χ0) is 15.7. The number of nitrogens with zero attached hydrogens (tertiary/aromatic N) is 1. The lowest BCUT2D eigenvalue weighted by molar-refractivity contribution is -0.127. The van der Waals surface area contributed by atoms with Gasteiger partial charge in [-0.25, -0.2) is 4.98 Å².